The van der Waals surface area contributed by atoms with E-state index in [1.807, 2.05) is 30.3 Å². The van der Waals surface area contributed by atoms with E-state index in [0.29, 0.717) is 5.82 Å². The van der Waals surface area contributed by atoms with Crippen molar-refractivity contribution in [1.82, 2.24) is 20.4 Å². The van der Waals surface area contributed by atoms with E-state index in [9.17, 15) is 19.8 Å². The number of carbonyl (C=O) groups is 2. The molecule has 3 aromatic rings. The van der Waals surface area contributed by atoms with Crippen LogP contribution in [0, 0.1) is 6.92 Å². The van der Waals surface area contributed by atoms with Gasteiger partial charge in [0.2, 0.25) is 0 Å². The molecule has 11 nitrogen and oxygen atoms in total. The Morgan fingerprint density at radius 3 is 2.61 bits per heavy atom. The minimum atomic E-state index is -2.00. The number of nitrogens with two attached hydrogens (primary N) is 1. The van der Waals surface area contributed by atoms with Crippen LogP contribution < -0.4 is 16.2 Å². The van der Waals surface area contributed by atoms with Crippen molar-refractivity contribution < 1.29 is 24.3 Å². The maximum absolute atomic E-state index is 13.3. The number of rotatable bonds is 9. The van der Waals surface area contributed by atoms with Crippen LogP contribution >= 0.6 is 22.6 Å². The van der Waals surface area contributed by atoms with Crippen molar-refractivity contribution in [2.24, 2.45) is 5.84 Å². The molecule has 0 spiro atoms. The lowest BCUT2D eigenvalue weighted by atomic mass is 10.0. The summed E-state index contributed by atoms with van der Waals surface area (Å²) in [5.74, 6) is 4.85. The van der Waals surface area contributed by atoms with E-state index >= 15 is 0 Å². The number of alkyl halides is 1. The van der Waals surface area contributed by atoms with Crippen molar-refractivity contribution in [3.8, 4) is 0 Å². The van der Waals surface area contributed by atoms with Gasteiger partial charge in [-0.2, -0.15) is 4.98 Å². The fourth-order valence-electron chi connectivity index (χ4n) is 4.29. The van der Waals surface area contributed by atoms with Crippen molar-refractivity contribution in [3.05, 3.63) is 89.2 Å². The van der Waals surface area contributed by atoms with Crippen LogP contribution in [0.25, 0.3) is 0 Å². The quantitative estimate of drug-likeness (QED) is 0.120. The number of nitrogens with zero attached hydrogens (tertiary/aromatic N) is 4. The molecule has 12 heteroatoms. The molecule has 2 aromatic carbocycles. The molecule has 2 amide bonds. The molecule has 0 radical (unpaired) electrons. The van der Waals surface area contributed by atoms with Gasteiger partial charge in [0.05, 0.1) is 11.7 Å². The molecule has 38 heavy (non-hydrogen) atoms. The summed E-state index contributed by atoms with van der Waals surface area (Å²) in [5.41, 5.74) is 3.12. The molecule has 1 aliphatic heterocycles. The van der Waals surface area contributed by atoms with Gasteiger partial charge < -0.3 is 25.0 Å². The summed E-state index contributed by atoms with van der Waals surface area (Å²) < 4.78 is 6.15. The van der Waals surface area contributed by atoms with Crippen LogP contribution in [0.3, 0.4) is 0 Å². The number of allylic oxidation sites excluding steroid dienone is 1. The van der Waals surface area contributed by atoms with Crippen molar-refractivity contribution in [2.45, 2.75) is 44.7 Å². The third-order valence-corrected chi connectivity index (χ3v) is 6.80. The van der Waals surface area contributed by atoms with Gasteiger partial charge in [-0.1, -0.05) is 70.2 Å². The Morgan fingerprint density at radius 2 is 1.95 bits per heavy atom. The largest absolute Gasteiger partial charge is 0.380 e. The molecule has 2 heterocycles. The Hall–Kier alpha value is -3.33. The van der Waals surface area contributed by atoms with E-state index in [2.05, 4.69) is 38.0 Å². The predicted molar refractivity (Wildman–Crippen MR) is 148 cm³/mol. The van der Waals surface area contributed by atoms with Crippen LogP contribution in [0.5, 0.6) is 0 Å². The van der Waals surface area contributed by atoms with Gasteiger partial charge in [-0.05, 0) is 42.7 Å². The summed E-state index contributed by atoms with van der Waals surface area (Å²) in [5, 5.41) is 29.3. The number of hydrogen-bond acceptors (Lipinski definition) is 9. The molecule has 0 saturated heterocycles. The first kappa shape index (κ1) is 27.7. The van der Waals surface area contributed by atoms with Crippen LogP contribution in [0.2, 0.25) is 0 Å². The number of hydrogen-bond donors (Lipinski definition) is 4. The van der Waals surface area contributed by atoms with Crippen LogP contribution in [-0.2, 0) is 16.1 Å². The average Bonchev–Trinajstić information content (AvgIpc) is 3.53. The minimum absolute atomic E-state index is 0.153. The van der Waals surface area contributed by atoms with Gasteiger partial charge in [0.25, 0.3) is 17.7 Å². The summed E-state index contributed by atoms with van der Waals surface area (Å²) in [6.45, 7) is 3.54. The summed E-state index contributed by atoms with van der Waals surface area (Å²) >= 11 is 2.21. The molecule has 4 rings (SSSR count). The molecule has 0 aliphatic carbocycles. The summed E-state index contributed by atoms with van der Waals surface area (Å²) in [6.07, 6.45) is -0.320. The Bertz CT molecular complexity index is 1310. The minimum Gasteiger partial charge on any atom is -0.380 e. The molecular formula is C26H29IN6O5. The van der Waals surface area contributed by atoms with E-state index in [1.54, 1.807) is 44.3 Å². The lowest BCUT2D eigenvalue weighted by molar-refractivity contribution is -0.155. The highest BCUT2D eigenvalue weighted by atomic mass is 127. The first-order valence-corrected chi connectivity index (χ1v) is 13.4. The van der Waals surface area contributed by atoms with E-state index in [0.717, 1.165) is 26.8 Å². The second kappa shape index (κ2) is 12.0. The van der Waals surface area contributed by atoms with Gasteiger partial charge in [-0.25, -0.2) is 5.84 Å². The molecule has 0 saturated carbocycles. The third kappa shape index (κ3) is 5.88. The number of aryl methyl sites for hydroxylation is 1. The monoisotopic (exact) mass is 632 g/mol. The van der Waals surface area contributed by atoms with Crippen LogP contribution in [0.4, 0.5) is 5.69 Å². The highest BCUT2D eigenvalue weighted by molar-refractivity contribution is 14.1. The lowest BCUT2D eigenvalue weighted by Gasteiger charge is -2.27. The van der Waals surface area contributed by atoms with Crippen LogP contribution in [0.15, 0.2) is 65.3 Å². The van der Waals surface area contributed by atoms with E-state index in [4.69, 9.17) is 10.4 Å². The smallest absolute Gasteiger partial charge is 0.255 e. The second-order valence-electron chi connectivity index (χ2n) is 8.91. The highest BCUT2D eigenvalue weighted by Gasteiger charge is 2.43. The van der Waals surface area contributed by atoms with E-state index in [1.165, 1.54) is 9.91 Å². The van der Waals surface area contributed by atoms with Crippen molar-refractivity contribution in [3.63, 3.8) is 0 Å². The number of carbonyl (C=O) groups excluding carboxylic acids is 2. The number of aliphatic hydroxyl groups is 2. The maximum Gasteiger partial charge on any atom is 0.255 e. The third-order valence-electron chi connectivity index (χ3n) is 6.29. The number of aromatic nitrogens is 2. The molecule has 0 bridgehead atoms. The zero-order valence-corrected chi connectivity index (χ0v) is 23.0. The number of anilines is 1. The van der Waals surface area contributed by atoms with Gasteiger partial charge in [0, 0.05) is 17.2 Å². The van der Waals surface area contributed by atoms with E-state index < -0.39 is 36.1 Å². The molecular weight excluding hydrogens is 603 g/mol. The fourth-order valence-corrected chi connectivity index (χ4v) is 4.52. The van der Waals surface area contributed by atoms with Gasteiger partial charge in [0.15, 0.2) is 18.0 Å². The number of fused-ring (bicyclic) bond motifs is 1. The summed E-state index contributed by atoms with van der Waals surface area (Å²) in [4.78, 5) is 31.7. The average molecular weight is 632 g/mol. The van der Waals surface area contributed by atoms with Crippen LogP contribution in [0.1, 0.15) is 47.4 Å². The SMILES string of the molecule is Cc1noc(C2c3ccccc3CN2C(=O)[C@H](O)[C@@H](O)C(=O)N[C@H](C)c2ccc(N(N)/C=C\CI)cc2)n1. The molecule has 1 unspecified atom stereocenters. The van der Waals surface area contributed by atoms with E-state index in [-0.39, 0.29) is 12.4 Å². The molecule has 1 aromatic heterocycles. The Kier molecular flexibility index (Phi) is 8.76. The first-order chi connectivity index (χ1) is 18.2. The van der Waals surface area contributed by atoms with Gasteiger partial charge in [-0.3, -0.25) is 14.6 Å². The number of aliphatic hydroxyl groups excluding tert-OH is 2. The summed E-state index contributed by atoms with van der Waals surface area (Å²) in [6, 6.07) is 13.3. The Balaban J connectivity index is 1.43. The first-order valence-electron chi connectivity index (χ1n) is 11.9. The molecule has 200 valence electrons. The zero-order valence-electron chi connectivity index (χ0n) is 20.9. The van der Waals surface area contributed by atoms with Gasteiger partial charge in [0.1, 0.15) is 6.04 Å². The maximum atomic E-state index is 13.3. The van der Waals surface area contributed by atoms with Gasteiger partial charge >= 0.3 is 0 Å². The molecule has 5 N–H and O–H groups in total. The predicted octanol–water partition coefficient (Wildman–Crippen LogP) is 2.04. The number of halogens is 1. The summed E-state index contributed by atoms with van der Waals surface area (Å²) in [7, 11) is 0. The molecule has 1 aliphatic rings. The topological polar surface area (TPSA) is 158 Å². The molecule has 4 atom stereocenters. The number of nitrogens with one attached hydrogen (secondary N) is 1. The second-order valence-corrected chi connectivity index (χ2v) is 9.79. The molecule has 0 fully saturated rings. The number of amides is 2. The van der Waals surface area contributed by atoms with Crippen molar-refractivity contribution in [1.29, 1.82) is 0 Å². The van der Waals surface area contributed by atoms with Crippen molar-refractivity contribution >= 4 is 40.1 Å². The Morgan fingerprint density at radius 1 is 1.24 bits per heavy atom. The highest BCUT2D eigenvalue weighted by Crippen LogP contribution is 2.38. The lowest BCUT2D eigenvalue weighted by Crippen LogP contribution is -2.50. The standard InChI is InChI=1S/C26H29IN6O5/c1-15(17-8-10-19(11-9-17)33(28)13-5-12-27)29-24(36)22(34)23(35)26(37)32-14-18-6-3-4-7-20(18)21(32)25-30-16(2)31-38-25/h3-11,13,15,21-23,34-35H,12,14,28H2,1-2H3,(H,29,36)/b13-5-/t15-,21?,22-,23-/m1/s1. The van der Waals surface area contributed by atoms with Crippen LogP contribution in [-0.4, -0.2) is 53.7 Å². The fraction of sp³-hybridized carbons (Fsp3) is 0.308. The number of hydrazine groups is 1. The Labute approximate surface area is 233 Å². The normalized spacial score (nSPS) is 17.2. The number of benzene rings is 2. The van der Waals surface area contributed by atoms with Crippen molar-refractivity contribution in [2.75, 3.05) is 9.44 Å². The van der Waals surface area contributed by atoms with Gasteiger partial charge in [-0.15, -0.1) is 0 Å². The zero-order chi connectivity index (χ0) is 27.4.